The predicted molar refractivity (Wildman–Crippen MR) is 374 cm³/mol. The minimum absolute atomic E-state index is 0.00595. The van der Waals surface area contributed by atoms with Crippen LogP contribution in [0.25, 0.3) is 32.7 Å². The number of ether oxygens (including phenoxy) is 2. The molecule has 0 bridgehead atoms. The van der Waals surface area contributed by atoms with Gasteiger partial charge < -0.3 is 0 Å². The van der Waals surface area contributed by atoms with Gasteiger partial charge in [-0.1, -0.05) is 0 Å². The molecule has 0 aliphatic carbocycles. The summed E-state index contributed by atoms with van der Waals surface area (Å²) < 4.78 is 18.1. The number of benzene rings is 8. The maximum absolute atomic E-state index is 8.71. The van der Waals surface area contributed by atoms with Crippen LogP contribution in [-0.4, -0.2) is 164 Å². The van der Waals surface area contributed by atoms with Gasteiger partial charge in [-0.15, -0.1) is 0 Å². The van der Waals surface area contributed by atoms with Crippen LogP contribution >= 0.6 is 0 Å². The van der Waals surface area contributed by atoms with E-state index in [1.807, 2.05) is 67.6 Å². The molecule has 8 nitrogen and oxygen atoms in total. The fourth-order valence-electron chi connectivity index (χ4n) is 8.16. The van der Waals surface area contributed by atoms with Crippen molar-refractivity contribution < 1.29 is 14.6 Å². The van der Waals surface area contributed by atoms with Gasteiger partial charge in [-0.25, -0.2) is 0 Å². The zero-order chi connectivity index (χ0) is 62.3. The van der Waals surface area contributed by atoms with Crippen molar-refractivity contribution in [3.8, 4) is 11.1 Å². The minimum atomic E-state index is 0.00595. The number of aryl methyl sites for hydroxylation is 3. The molecule has 1 heterocycles. The van der Waals surface area contributed by atoms with Crippen molar-refractivity contribution in [2.24, 2.45) is 10.8 Å². The number of anilines is 1. The molecule has 0 amide bonds. The van der Waals surface area contributed by atoms with E-state index in [0.717, 1.165) is 57.7 Å². The van der Waals surface area contributed by atoms with E-state index in [2.05, 4.69) is 304 Å². The third-order valence-corrected chi connectivity index (χ3v) is 17.3. The number of nitrogens with zero attached hydrogens (tertiary/aromatic N) is 3. The standard InChI is InChI=1S/C24H27NOSe.C12H17NOSe.C12H13NSe.C9H13NSe.C7H8OSe.C6H7NSe/c1-15-10-16(2)12-18(11-15)21-19-9-7-6-8-17(19)13-20(27)22(21)23(25)26-14-24(3,4)5;1-12(2,3)8-14-11(13)9-6-4-5-7-10(9)15;1-13(2)10-7-3-5-9-6-4-8-11(14)12(9)10;1-10(2)7-8-5-3-4-6-9(8)11;8-5-6-3-1-2-4-7(6)9;1-5-3-2-4-7-6(5)8/h6-13,25,27H,14H2,1-5H3;4-7,13,15H,8H2,1-3H3;3-8,14H,1-2H3;3-6,11H,7H2,1-2H3;1-4,8-9H,5H2;2-4H,1H3,(H,7,8). The van der Waals surface area contributed by atoms with Gasteiger partial charge in [0.15, 0.2) is 0 Å². The predicted octanol–water partition coefficient (Wildman–Crippen LogP) is 7.97. The van der Waals surface area contributed by atoms with Gasteiger partial charge in [-0.05, 0) is 0 Å². The number of pyridine rings is 1. The van der Waals surface area contributed by atoms with Crippen molar-refractivity contribution in [2.45, 2.75) is 75.5 Å². The Morgan fingerprint density at radius 1 is 0.524 bits per heavy atom. The van der Waals surface area contributed by atoms with E-state index >= 15 is 0 Å². The summed E-state index contributed by atoms with van der Waals surface area (Å²) in [7, 11) is 8.32. The molecular weight excluding hydrogens is 1430 g/mol. The average molecular weight is 1520 g/mol. The van der Waals surface area contributed by atoms with Gasteiger partial charge in [-0.3, -0.25) is 0 Å². The van der Waals surface area contributed by atoms with E-state index in [0.29, 0.717) is 13.2 Å². The molecule has 444 valence electrons. The molecule has 0 aliphatic rings. The summed E-state index contributed by atoms with van der Waals surface area (Å²) >= 11 is 15.2. The second-order valence-electron chi connectivity index (χ2n) is 23.0. The molecule has 14 heteroatoms. The molecule has 0 fully saturated rings. The number of aromatic nitrogens is 1. The number of aliphatic hydroxyl groups excluding tert-OH is 1. The van der Waals surface area contributed by atoms with Crippen LogP contribution in [0.4, 0.5) is 5.69 Å². The molecule has 0 radical (unpaired) electrons. The van der Waals surface area contributed by atoms with E-state index < -0.39 is 0 Å². The number of hydrogen-bond donors (Lipinski definition) is 3. The Balaban J connectivity index is 0.000000229. The first-order valence-corrected chi connectivity index (χ1v) is 33.1. The van der Waals surface area contributed by atoms with E-state index in [9.17, 15) is 0 Å². The Bertz CT molecular complexity index is 3530. The number of hydrogen-bond acceptors (Lipinski definition) is 8. The van der Waals surface area contributed by atoms with Crippen LogP contribution in [0.2, 0.25) is 0 Å². The number of rotatable bonds is 9. The third-order valence-electron chi connectivity index (χ3n) is 12.2. The second kappa shape index (κ2) is 35.1. The summed E-state index contributed by atoms with van der Waals surface area (Å²) in [5, 5.41) is 30.2. The van der Waals surface area contributed by atoms with Crippen LogP contribution in [0.5, 0.6) is 0 Å². The van der Waals surface area contributed by atoms with Crippen molar-refractivity contribution >= 4 is 162 Å². The second-order valence-corrected chi connectivity index (χ2v) is 28.9. The van der Waals surface area contributed by atoms with Gasteiger partial charge >= 0.3 is 556 Å². The van der Waals surface area contributed by atoms with E-state index in [1.165, 1.54) is 53.0 Å². The summed E-state index contributed by atoms with van der Waals surface area (Å²) in [5.74, 6) is 0.488. The molecule has 0 atom stereocenters. The molecule has 84 heavy (non-hydrogen) atoms. The molecule has 0 aliphatic heterocycles. The topological polar surface area (TPSA) is 106 Å². The zero-order valence-electron chi connectivity index (χ0n) is 50.9. The van der Waals surface area contributed by atoms with E-state index in [1.54, 1.807) is 6.20 Å². The van der Waals surface area contributed by atoms with Gasteiger partial charge in [0.25, 0.3) is 0 Å². The number of aliphatic hydroxyl groups is 1. The quantitative estimate of drug-likeness (QED) is 0.0771. The Morgan fingerprint density at radius 2 is 1.02 bits per heavy atom. The maximum atomic E-state index is 8.71. The molecule has 0 unspecified atom stereocenters. The van der Waals surface area contributed by atoms with Crippen LogP contribution < -0.4 is 31.8 Å². The Labute approximate surface area is 551 Å². The van der Waals surface area contributed by atoms with Crippen molar-refractivity contribution in [3.63, 3.8) is 0 Å². The van der Waals surface area contributed by atoms with Gasteiger partial charge in [0.05, 0.1) is 0 Å². The first-order valence-electron chi connectivity index (χ1n) is 27.4. The van der Waals surface area contributed by atoms with Crippen LogP contribution in [-0.2, 0) is 22.6 Å². The summed E-state index contributed by atoms with van der Waals surface area (Å²) in [4.78, 5) is 8.38. The summed E-state index contributed by atoms with van der Waals surface area (Å²) in [5.41, 5.74) is 11.3. The van der Waals surface area contributed by atoms with Gasteiger partial charge in [0.1, 0.15) is 0 Å². The summed E-state index contributed by atoms with van der Waals surface area (Å²) in [6.07, 6.45) is 1.79. The molecule has 8 aromatic carbocycles. The molecular formula is C70H85N5O3Se6. The van der Waals surface area contributed by atoms with Crippen LogP contribution in [0.1, 0.15) is 80.5 Å². The zero-order valence-corrected chi connectivity index (χ0v) is 62.1. The molecule has 0 saturated carbocycles. The van der Waals surface area contributed by atoms with Crippen molar-refractivity contribution in [2.75, 3.05) is 46.3 Å². The Hall–Kier alpha value is -4.79. The first kappa shape index (κ1) is 71.7. The van der Waals surface area contributed by atoms with E-state index in [4.69, 9.17) is 25.4 Å². The fourth-order valence-corrected chi connectivity index (χ4v) is 11.4. The molecule has 3 N–H and O–H groups in total. The number of fused-ring (bicyclic) bond motifs is 2. The summed E-state index contributed by atoms with van der Waals surface area (Å²) in [6, 6.07) is 57.7. The molecule has 1 aromatic heterocycles. The summed E-state index contributed by atoms with van der Waals surface area (Å²) in [6.45, 7) is 21.1. The van der Waals surface area contributed by atoms with Crippen molar-refractivity contribution in [3.05, 3.63) is 215 Å². The first-order chi connectivity index (χ1) is 39.6. The van der Waals surface area contributed by atoms with Gasteiger partial charge in [0.2, 0.25) is 0 Å². The number of nitrogens with one attached hydrogen (secondary N) is 2. The Morgan fingerprint density at radius 3 is 1.52 bits per heavy atom. The molecule has 9 aromatic rings. The molecule has 0 saturated heterocycles. The molecule has 9 rings (SSSR count). The van der Waals surface area contributed by atoms with Crippen molar-refractivity contribution in [1.29, 1.82) is 10.8 Å². The van der Waals surface area contributed by atoms with Crippen LogP contribution in [0.15, 0.2) is 176 Å². The fraction of sp³-hybridized carbons (Fsp3) is 0.271. The average Bonchev–Trinajstić information content (AvgIpc) is 2.94. The van der Waals surface area contributed by atoms with Crippen LogP contribution in [0.3, 0.4) is 0 Å². The van der Waals surface area contributed by atoms with E-state index in [-0.39, 0.29) is 29.2 Å². The molecule has 0 spiro atoms. The normalized spacial score (nSPS) is 10.8. The van der Waals surface area contributed by atoms with Crippen LogP contribution in [0, 0.1) is 42.4 Å². The monoisotopic (exact) mass is 1520 g/mol. The van der Waals surface area contributed by atoms with Gasteiger partial charge in [-0.2, -0.15) is 0 Å². The van der Waals surface area contributed by atoms with Crippen molar-refractivity contribution in [1.82, 2.24) is 9.88 Å². The van der Waals surface area contributed by atoms with Gasteiger partial charge in [0, 0.05) is 0 Å². The SMILES string of the molecule is CC(C)(C)COC(=N)c1ccccc1[SeH].CN(C)Cc1ccccc1[SeH].CN(C)c1cccc2cccc([SeH])c12.Cc1cc(C)cc(-c2c(C(=N)OCC(C)(C)C)c([SeH])cc3ccccc23)c1.Cc1cccnc1[SeH].OCc1ccccc1[SeH]. The Kier molecular flexibility index (Phi) is 30.0. The third kappa shape index (κ3) is 24.2.